The molecule has 0 saturated carbocycles. The highest BCUT2D eigenvalue weighted by Gasteiger charge is 2.54. The highest BCUT2D eigenvalue weighted by atomic mass is 31.2. The Kier molecular flexibility index (Phi) is 7.80. The van der Waals surface area contributed by atoms with Gasteiger partial charge in [-0.15, -0.1) is 0 Å². The first-order valence-corrected chi connectivity index (χ1v) is 9.05. The van der Waals surface area contributed by atoms with Gasteiger partial charge in [0.05, 0.1) is 12.8 Å². The van der Waals surface area contributed by atoms with E-state index >= 15 is 0 Å². The molecule has 0 amide bonds. The molecule has 26 heavy (non-hydrogen) atoms. The Morgan fingerprint density at radius 2 is 1.12 bits per heavy atom. The highest BCUT2D eigenvalue weighted by Crippen LogP contribution is 2.40. The van der Waals surface area contributed by atoms with Gasteiger partial charge < -0.3 is 20.0 Å². The van der Waals surface area contributed by atoms with Crippen LogP contribution in [0.25, 0.3) is 0 Å². The molecule has 2 unspecified atom stereocenters. The van der Waals surface area contributed by atoms with E-state index in [-0.39, 0.29) is 0 Å². The fourth-order valence-electron chi connectivity index (χ4n) is 3.47. The van der Waals surface area contributed by atoms with Crippen LogP contribution in [-0.2, 0) is 4.57 Å². The third-order valence-electron chi connectivity index (χ3n) is 4.14. The number of piperazine rings is 1. The molecular formula is C13H25F6N2O4P. The molecule has 2 atom stereocenters. The lowest BCUT2D eigenvalue weighted by molar-refractivity contribution is -0.184. The third-order valence-corrected chi connectivity index (χ3v) is 4.14. The summed E-state index contributed by atoms with van der Waals surface area (Å²) in [5.74, 6) is 0. The smallest absolute Gasteiger partial charge is 0.304 e. The van der Waals surface area contributed by atoms with Crippen molar-refractivity contribution in [3.05, 3.63) is 0 Å². The maximum atomic E-state index is 12.7. The van der Waals surface area contributed by atoms with Gasteiger partial charge in [-0.2, -0.15) is 26.3 Å². The van der Waals surface area contributed by atoms with Crippen LogP contribution >= 0.6 is 7.82 Å². The van der Waals surface area contributed by atoms with E-state index in [4.69, 9.17) is 19.2 Å². The van der Waals surface area contributed by atoms with Gasteiger partial charge in [-0.25, -0.2) is 4.57 Å². The summed E-state index contributed by atoms with van der Waals surface area (Å²) in [4.78, 5) is 22.8. The second kappa shape index (κ2) is 7.92. The number of hydrogen-bond donors (Lipinski definition) is 4. The average Bonchev–Trinajstić information content (AvgIpc) is 2.24. The minimum Gasteiger partial charge on any atom is -0.304 e. The Bertz CT molecular complexity index is 475. The quantitative estimate of drug-likeness (QED) is 0.407. The van der Waals surface area contributed by atoms with Gasteiger partial charge in [0.1, 0.15) is 0 Å². The predicted molar refractivity (Wildman–Crippen MR) is 82.2 cm³/mol. The van der Waals surface area contributed by atoms with Gasteiger partial charge >= 0.3 is 20.2 Å². The van der Waals surface area contributed by atoms with Crippen LogP contribution in [0.4, 0.5) is 26.3 Å². The lowest BCUT2D eigenvalue weighted by Crippen LogP contribution is -2.75. The van der Waals surface area contributed by atoms with Gasteiger partial charge in [-0.1, -0.05) is 0 Å². The van der Waals surface area contributed by atoms with Crippen molar-refractivity contribution in [2.24, 2.45) is 0 Å². The molecule has 0 radical (unpaired) electrons. The number of nitrogens with one attached hydrogen (secondary N) is 1. The highest BCUT2D eigenvalue weighted by molar-refractivity contribution is 7.45. The summed E-state index contributed by atoms with van der Waals surface area (Å²) in [7, 11) is -3.29. The van der Waals surface area contributed by atoms with Gasteiger partial charge in [-0.05, 0) is 34.7 Å². The van der Waals surface area contributed by atoms with Crippen LogP contribution in [0.2, 0.25) is 0 Å². The molecule has 1 aliphatic rings. The molecule has 1 fully saturated rings. The van der Waals surface area contributed by atoms with E-state index in [9.17, 15) is 26.3 Å². The summed E-state index contributed by atoms with van der Waals surface area (Å²) in [5, 5.41) is 2.97. The van der Waals surface area contributed by atoms with Crippen LogP contribution in [-0.4, -0.2) is 62.1 Å². The molecule has 0 aliphatic carbocycles. The van der Waals surface area contributed by atoms with E-state index in [0.717, 1.165) is 0 Å². The van der Waals surface area contributed by atoms with E-state index in [1.807, 2.05) is 0 Å². The largest absolute Gasteiger partial charge is 0.466 e. The van der Waals surface area contributed by atoms with Crippen LogP contribution in [0, 0.1) is 0 Å². The maximum absolute atomic E-state index is 12.7. The normalized spacial score (nSPS) is 26.8. The molecule has 13 heteroatoms. The molecule has 1 rings (SSSR count). The zero-order valence-electron chi connectivity index (χ0n) is 15.0. The molecule has 0 aromatic carbocycles. The van der Waals surface area contributed by atoms with Crippen LogP contribution in [0.3, 0.4) is 0 Å². The van der Waals surface area contributed by atoms with E-state index in [1.54, 1.807) is 27.7 Å². The first kappa shape index (κ1) is 25.6. The monoisotopic (exact) mass is 418 g/mol. The second-order valence-electron chi connectivity index (χ2n) is 7.42. The topological polar surface area (TPSA) is 93.0 Å². The molecule has 0 aromatic heterocycles. The van der Waals surface area contributed by atoms with Gasteiger partial charge in [-0.3, -0.25) is 4.90 Å². The zero-order valence-corrected chi connectivity index (χ0v) is 15.9. The Morgan fingerprint density at radius 1 is 0.885 bits per heavy atom. The summed E-state index contributed by atoms with van der Waals surface area (Å²) in [6.07, 6.45) is -11.1. The number of hydrogen-bond acceptors (Lipinski definition) is 3. The number of rotatable bonds is 2. The molecule has 6 nitrogen and oxygen atoms in total. The first-order chi connectivity index (χ1) is 11.1. The number of phosphoric acid groups is 1. The maximum Gasteiger partial charge on any atom is 0.466 e. The van der Waals surface area contributed by atoms with Crippen LogP contribution in [0.15, 0.2) is 0 Å². The minimum absolute atomic E-state index is 0.949. The van der Waals surface area contributed by atoms with Crippen LogP contribution < -0.4 is 5.32 Å². The predicted octanol–water partition coefficient (Wildman–Crippen LogP) is 2.79. The Labute approximate surface area is 147 Å². The van der Waals surface area contributed by atoms with Crippen LogP contribution in [0.1, 0.15) is 40.5 Å². The Hall–Kier alpha value is -0.390. The SMILES string of the molecule is CN1C(CC(F)(F)F)C(C)(C)NC(C)(C)C1CC(F)(F)F.O=P(O)(O)O. The molecule has 1 aliphatic heterocycles. The third kappa shape index (κ3) is 9.52. The number of alkyl halides is 6. The average molecular weight is 418 g/mol. The summed E-state index contributed by atoms with van der Waals surface area (Å²) >= 11 is 0. The summed E-state index contributed by atoms with van der Waals surface area (Å²) < 4.78 is 85.3. The number of nitrogens with zero attached hydrogens (tertiary/aromatic N) is 1. The van der Waals surface area contributed by atoms with E-state index in [1.165, 1.54) is 11.9 Å². The van der Waals surface area contributed by atoms with Crippen molar-refractivity contribution < 1.29 is 45.6 Å². The van der Waals surface area contributed by atoms with Gasteiger partial charge in [0.15, 0.2) is 0 Å². The summed E-state index contributed by atoms with van der Waals surface area (Å²) in [6, 6.07) is -2.12. The zero-order chi connectivity index (χ0) is 21.4. The molecule has 0 spiro atoms. The van der Waals surface area contributed by atoms with E-state index in [0.29, 0.717) is 0 Å². The first-order valence-electron chi connectivity index (χ1n) is 7.48. The molecule has 4 N–H and O–H groups in total. The van der Waals surface area contributed by atoms with Crippen molar-refractivity contribution in [1.29, 1.82) is 0 Å². The van der Waals surface area contributed by atoms with Crippen molar-refractivity contribution >= 4 is 7.82 Å². The van der Waals surface area contributed by atoms with Crippen molar-refractivity contribution in [1.82, 2.24) is 10.2 Å². The van der Waals surface area contributed by atoms with Crippen LogP contribution in [0.5, 0.6) is 0 Å². The fraction of sp³-hybridized carbons (Fsp3) is 1.00. The van der Waals surface area contributed by atoms with Crippen molar-refractivity contribution in [2.75, 3.05) is 7.05 Å². The molecular weight excluding hydrogens is 393 g/mol. The van der Waals surface area contributed by atoms with Crippen molar-refractivity contribution in [3.63, 3.8) is 0 Å². The second-order valence-corrected chi connectivity index (χ2v) is 8.44. The van der Waals surface area contributed by atoms with Gasteiger partial charge in [0, 0.05) is 23.2 Å². The Morgan fingerprint density at radius 3 is 1.31 bits per heavy atom. The van der Waals surface area contributed by atoms with E-state index < -0.39 is 56.2 Å². The van der Waals surface area contributed by atoms with Crippen molar-refractivity contribution in [2.45, 2.75) is 76.1 Å². The summed E-state index contributed by atoms with van der Waals surface area (Å²) in [5.41, 5.74) is -1.90. The molecule has 1 saturated heterocycles. The number of halogens is 6. The minimum atomic E-state index is -4.64. The lowest BCUT2D eigenvalue weighted by Gasteiger charge is -2.58. The summed E-state index contributed by atoms with van der Waals surface area (Å²) in [6.45, 7) is 6.36. The van der Waals surface area contributed by atoms with Crippen molar-refractivity contribution in [3.8, 4) is 0 Å². The van der Waals surface area contributed by atoms with Gasteiger partial charge in [0.2, 0.25) is 0 Å². The Balaban J connectivity index is 0.00000110. The van der Waals surface area contributed by atoms with Gasteiger partial charge in [0.25, 0.3) is 0 Å². The molecule has 1 heterocycles. The molecule has 0 aromatic rings. The standard InChI is InChI=1S/C13H22F6N2.H3O4P/c1-10(2)8(6-12(14,15)16)21(5)9(7-13(17,18)19)11(3,4)20-10;1-5(2,3)4/h8-9,20H,6-7H2,1-5H3;(H3,1,2,3,4). The molecule has 158 valence electrons. The van der Waals surface area contributed by atoms with E-state index in [2.05, 4.69) is 5.32 Å². The number of likely N-dealkylation sites (N-methyl/N-ethyl adjacent to an activating group) is 1. The fourth-order valence-corrected chi connectivity index (χ4v) is 3.47. The lowest BCUT2D eigenvalue weighted by atomic mass is 9.77. The molecule has 0 bridgehead atoms.